The molecule has 2 amide bonds. The molecule has 5 nitrogen and oxygen atoms in total. The van der Waals surface area contributed by atoms with Crippen LogP contribution in [0.5, 0.6) is 5.75 Å². The second-order valence-corrected chi connectivity index (χ2v) is 5.62. The number of nitrogens with one attached hydrogen (secondary N) is 2. The molecule has 0 aliphatic carbocycles. The Bertz CT molecular complexity index is 493. The lowest BCUT2D eigenvalue weighted by Crippen LogP contribution is -2.47. The maximum absolute atomic E-state index is 12.1. The van der Waals surface area contributed by atoms with E-state index in [1.165, 1.54) is 0 Å². The maximum atomic E-state index is 12.1. The lowest BCUT2D eigenvalue weighted by Gasteiger charge is -2.16. The van der Waals surface area contributed by atoms with E-state index in [0.717, 1.165) is 17.1 Å². The molecule has 1 heterocycles. The minimum Gasteiger partial charge on any atom is -0.496 e. The molecule has 1 aromatic rings. The molecule has 20 heavy (non-hydrogen) atoms. The van der Waals surface area contributed by atoms with Crippen molar-refractivity contribution in [3.8, 4) is 5.75 Å². The van der Waals surface area contributed by atoms with Crippen molar-refractivity contribution in [2.24, 2.45) is 0 Å². The van der Waals surface area contributed by atoms with Crippen molar-refractivity contribution in [3.63, 3.8) is 0 Å². The third-order valence-corrected chi connectivity index (χ3v) is 4.12. The van der Waals surface area contributed by atoms with Crippen LogP contribution in [0.25, 0.3) is 0 Å². The van der Waals surface area contributed by atoms with Crippen LogP contribution in [0, 0.1) is 0 Å². The van der Waals surface area contributed by atoms with Crippen molar-refractivity contribution < 1.29 is 14.3 Å². The number of ether oxygens (including phenoxy) is 1. The average Bonchev–Trinajstić information content (AvgIpc) is 2.69. The summed E-state index contributed by atoms with van der Waals surface area (Å²) in [5.41, 5.74) is 0.913. The van der Waals surface area contributed by atoms with E-state index in [1.807, 2.05) is 24.3 Å². The third kappa shape index (κ3) is 3.90. The van der Waals surface area contributed by atoms with Crippen LogP contribution in [-0.2, 0) is 16.1 Å². The first kappa shape index (κ1) is 14.7. The van der Waals surface area contributed by atoms with Crippen LogP contribution in [0.15, 0.2) is 24.3 Å². The zero-order valence-electron chi connectivity index (χ0n) is 11.3. The van der Waals surface area contributed by atoms with Crippen molar-refractivity contribution in [2.75, 3.05) is 18.6 Å². The predicted octanol–water partition coefficient (Wildman–Crippen LogP) is 0.933. The molecular weight excluding hydrogens is 276 g/mol. The zero-order chi connectivity index (χ0) is 14.4. The van der Waals surface area contributed by atoms with Gasteiger partial charge in [0.15, 0.2) is 0 Å². The molecule has 0 spiro atoms. The normalized spacial score (nSPS) is 18.9. The molecule has 1 aliphatic rings. The van der Waals surface area contributed by atoms with Gasteiger partial charge < -0.3 is 15.4 Å². The summed E-state index contributed by atoms with van der Waals surface area (Å²) >= 11 is 1.62. The Morgan fingerprint density at radius 3 is 3.10 bits per heavy atom. The van der Waals surface area contributed by atoms with Gasteiger partial charge in [-0.3, -0.25) is 9.59 Å². The summed E-state index contributed by atoms with van der Waals surface area (Å²) in [6.07, 6.45) is 0.473. The molecule has 1 aromatic carbocycles. The number of hydrogen-bond donors (Lipinski definition) is 2. The van der Waals surface area contributed by atoms with Gasteiger partial charge in [-0.25, -0.2) is 0 Å². The van der Waals surface area contributed by atoms with E-state index in [-0.39, 0.29) is 11.8 Å². The molecule has 2 N–H and O–H groups in total. The predicted molar refractivity (Wildman–Crippen MR) is 78.7 cm³/mol. The van der Waals surface area contributed by atoms with Crippen LogP contribution in [-0.4, -0.2) is 36.5 Å². The maximum Gasteiger partial charge on any atom is 0.243 e. The number of rotatable bonds is 4. The lowest BCUT2D eigenvalue weighted by atomic mass is 10.2. The van der Waals surface area contributed by atoms with Crippen LogP contribution >= 0.6 is 11.8 Å². The second-order valence-electron chi connectivity index (χ2n) is 4.47. The SMILES string of the molecule is COc1ccccc1CNC(=O)[C@H]1CSCCC(=O)N1. The first-order valence-electron chi connectivity index (χ1n) is 6.47. The van der Waals surface area contributed by atoms with E-state index in [4.69, 9.17) is 4.74 Å². The molecule has 1 saturated heterocycles. The van der Waals surface area contributed by atoms with Gasteiger partial charge in [0.2, 0.25) is 11.8 Å². The molecule has 0 aromatic heterocycles. The molecule has 1 aliphatic heterocycles. The van der Waals surface area contributed by atoms with Crippen LogP contribution < -0.4 is 15.4 Å². The fourth-order valence-corrected chi connectivity index (χ4v) is 2.94. The summed E-state index contributed by atoms with van der Waals surface area (Å²) in [7, 11) is 1.60. The van der Waals surface area contributed by atoms with Crippen LogP contribution in [0.4, 0.5) is 0 Å². The molecule has 2 rings (SSSR count). The number of benzene rings is 1. The molecule has 1 fully saturated rings. The Morgan fingerprint density at radius 1 is 1.50 bits per heavy atom. The van der Waals surface area contributed by atoms with Crippen molar-refractivity contribution in [1.29, 1.82) is 0 Å². The monoisotopic (exact) mass is 294 g/mol. The quantitative estimate of drug-likeness (QED) is 0.867. The molecule has 0 saturated carbocycles. The van der Waals surface area contributed by atoms with Gasteiger partial charge in [-0.15, -0.1) is 0 Å². The number of methoxy groups -OCH3 is 1. The molecule has 108 valence electrons. The van der Waals surface area contributed by atoms with E-state index in [9.17, 15) is 9.59 Å². The van der Waals surface area contributed by atoms with Gasteiger partial charge in [-0.2, -0.15) is 11.8 Å². The Labute approximate surface area is 122 Å². The topological polar surface area (TPSA) is 67.4 Å². The molecule has 0 bridgehead atoms. The zero-order valence-corrected chi connectivity index (χ0v) is 12.2. The van der Waals surface area contributed by atoms with Crippen molar-refractivity contribution in [2.45, 2.75) is 19.0 Å². The standard InChI is InChI=1S/C14H18N2O3S/c1-19-12-5-3-2-4-10(12)8-15-14(18)11-9-20-7-6-13(17)16-11/h2-5,11H,6-9H2,1H3,(H,15,18)(H,16,17)/t11-/m1/s1. The Kier molecular flexibility index (Phi) is 5.29. The summed E-state index contributed by atoms with van der Waals surface area (Å²) in [6, 6.07) is 7.08. The van der Waals surface area contributed by atoms with Crippen molar-refractivity contribution >= 4 is 23.6 Å². The minimum atomic E-state index is -0.454. The van der Waals surface area contributed by atoms with E-state index in [1.54, 1.807) is 18.9 Å². The fraction of sp³-hybridized carbons (Fsp3) is 0.429. The largest absolute Gasteiger partial charge is 0.496 e. The molecule has 1 atom stereocenters. The van der Waals surface area contributed by atoms with Crippen LogP contribution in [0.1, 0.15) is 12.0 Å². The Morgan fingerprint density at radius 2 is 2.30 bits per heavy atom. The summed E-state index contributed by atoms with van der Waals surface area (Å²) in [5.74, 6) is 1.91. The fourth-order valence-electron chi connectivity index (χ4n) is 1.97. The first-order chi connectivity index (χ1) is 9.70. The van der Waals surface area contributed by atoms with Crippen molar-refractivity contribution in [3.05, 3.63) is 29.8 Å². The summed E-state index contributed by atoms with van der Waals surface area (Å²) < 4.78 is 5.24. The van der Waals surface area contributed by atoms with Gasteiger partial charge in [0.05, 0.1) is 7.11 Å². The number of carbonyl (C=O) groups excluding carboxylic acids is 2. The van der Waals surface area contributed by atoms with Gasteiger partial charge in [0, 0.05) is 30.0 Å². The van der Waals surface area contributed by atoms with Gasteiger partial charge in [-0.05, 0) is 6.07 Å². The van der Waals surface area contributed by atoms with E-state index in [2.05, 4.69) is 10.6 Å². The van der Waals surface area contributed by atoms with Gasteiger partial charge in [0.1, 0.15) is 11.8 Å². The highest BCUT2D eigenvalue weighted by Gasteiger charge is 2.23. The highest BCUT2D eigenvalue weighted by molar-refractivity contribution is 7.99. The Hall–Kier alpha value is -1.69. The minimum absolute atomic E-state index is 0.0626. The van der Waals surface area contributed by atoms with Crippen LogP contribution in [0.2, 0.25) is 0 Å². The number of amides is 2. The van der Waals surface area contributed by atoms with Crippen molar-refractivity contribution in [1.82, 2.24) is 10.6 Å². The molecular formula is C14H18N2O3S. The molecule has 0 radical (unpaired) electrons. The lowest BCUT2D eigenvalue weighted by molar-refractivity contribution is -0.128. The first-order valence-corrected chi connectivity index (χ1v) is 7.63. The summed E-state index contributed by atoms with van der Waals surface area (Å²) in [6.45, 7) is 0.389. The highest BCUT2D eigenvalue weighted by Crippen LogP contribution is 2.17. The van der Waals surface area contributed by atoms with E-state index in [0.29, 0.717) is 18.7 Å². The average molecular weight is 294 g/mol. The molecule has 0 unspecified atom stereocenters. The van der Waals surface area contributed by atoms with E-state index >= 15 is 0 Å². The van der Waals surface area contributed by atoms with Crippen LogP contribution in [0.3, 0.4) is 0 Å². The molecule has 6 heteroatoms. The second kappa shape index (κ2) is 7.19. The number of hydrogen-bond acceptors (Lipinski definition) is 4. The number of thioether (sulfide) groups is 1. The van der Waals surface area contributed by atoms with Gasteiger partial charge in [-0.1, -0.05) is 18.2 Å². The summed E-state index contributed by atoms with van der Waals surface area (Å²) in [5, 5.41) is 5.59. The third-order valence-electron chi connectivity index (χ3n) is 3.06. The van der Waals surface area contributed by atoms with E-state index < -0.39 is 6.04 Å². The highest BCUT2D eigenvalue weighted by atomic mass is 32.2. The van der Waals surface area contributed by atoms with Gasteiger partial charge in [0.25, 0.3) is 0 Å². The smallest absolute Gasteiger partial charge is 0.243 e. The summed E-state index contributed by atoms with van der Waals surface area (Å²) in [4.78, 5) is 23.5. The Balaban J connectivity index is 1.92. The van der Waals surface area contributed by atoms with Gasteiger partial charge >= 0.3 is 0 Å². The number of carbonyl (C=O) groups is 2. The number of para-hydroxylation sites is 1.